The molecule has 0 fully saturated rings. The second-order valence-corrected chi connectivity index (χ2v) is 6.64. The van der Waals surface area contributed by atoms with Crippen LogP contribution in [0.1, 0.15) is 36.1 Å². The number of carbonyl (C=O) groups excluding carboxylic acids is 2. The Bertz CT molecular complexity index is 899. The summed E-state index contributed by atoms with van der Waals surface area (Å²) in [7, 11) is 1.59. The quantitative estimate of drug-likeness (QED) is 0.844. The highest BCUT2D eigenvalue weighted by Crippen LogP contribution is 2.39. The summed E-state index contributed by atoms with van der Waals surface area (Å²) >= 11 is 0. The highest BCUT2D eigenvalue weighted by Gasteiger charge is 2.42. The lowest BCUT2D eigenvalue weighted by Crippen LogP contribution is -2.30. The zero-order valence-electron chi connectivity index (χ0n) is 15.7. The minimum atomic E-state index is -0.591. The topological polar surface area (TPSA) is 66.8 Å². The van der Waals surface area contributed by atoms with Crippen molar-refractivity contribution in [2.24, 2.45) is 0 Å². The Balaban J connectivity index is 2.02. The maximum absolute atomic E-state index is 12.8. The Labute approximate surface area is 158 Å². The minimum absolute atomic E-state index is 0.182. The summed E-state index contributed by atoms with van der Waals surface area (Å²) in [5, 5.41) is 10.4. The van der Waals surface area contributed by atoms with Crippen molar-refractivity contribution in [3.8, 4) is 5.75 Å². The summed E-state index contributed by atoms with van der Waals surface area (Å²) in [5.41, 5.74) is 2.91. The Morgan fingerprint density at radius 1 is 1.19 bits per heavy atom. The molecular weight excluding hydrogens is 342 g/mol. The van der Waals surface area contributed by atoms with Gasteiger partial charge >= 0.3 is 0 Å². The highest BCUT2D eigenvalue weighted by atomic mass is 16.5. The van der Waals surface area contributed by atoms with Crippen molar-refractivity contribution in [1.82, 2.24) is 4.90 Å². The number of methoxy groups -OCH3 is 1. The van der Waals surface area contributed by atoms with Crippen LogP contribution in [0.25, 0.3) is 0 Å². The van der Waals surface area contributed by atoms with Crippen LogP contribution in [0, 0.1) is 6.92 Å². The van der Waals surface area contributed by atoms with Crippen LogP contribution in [0.5, 0.6) is 5.75 Å². The smallest absolute Gasteiger partial charge is 0.290 e. The van der Waals surface area contributed by atoms with Crippen LogP contribution < -0.4 is 4.74 Å². The first-order valence-electron chi connectivity index (χ1n) is 8.93. The van der Waals surface area contributed by atoms with Crippen LogP contribution in [-0.4, -0.2) is 28.8 Å². The van der Waals surface area contributed by atoms with Crippen molar-refractivity contribution >= 4 is 11.7 Å². The van der Waals surface area contributed by atoms with E-state index in [-0.39, 0.29) is 24.3 Å². The average Bonchev–Trinajstić information content (AvgIpc) is 2.93. The second kappa shape index (κ2) is 7.66. The van der Waals surface area contributed by atoms with Gasteiger partial charge in [0, 0.05) is 13.0 Å². The first-order chi connectivity index (χ1) is 13.0. The van der Waals surface area contributed by atoms with Crippen LogP contribution in [-0.2, 0) is 16.1 Å². The molecule has 1 aliphatic rings. The number of Topliss-reactive ketones (excluding diaryl/α,β-unsaturated/α-hetero) is 1. The Morgan fingerprint density at radius 3 is 2.48 bits per heavy atom. The van der Waals surface area contributed by atoms with Gasteiger partial charge in [0.05, 0.1) is 18.7 Å². The van der Waals surface area contributed by atoms with E-state index in [0.717, 1.165) is 22.4 Å². The number of aryl methyl sites for hydroxylation is 1. The van der Waals surface area contributed by atoms with Gasteiger partial charge in [-0.3, -0.25) is 9.59 Å². The molecule has 5 nitrogen and oxygen atoms in total. The number of hydrogen-bond donors (Lipinski definition) is 1. The lowest BCUT2D eigenvalue weighted by atomic mass is 9.94. The molecule has 140 valence electrons. The standard InChI is InChI=1S/C22H23NO4/c1-4-18(24)19-20(16-7-5-6-14(2)12-16)23(22(26)21(19)25)13-15-8-10-17(27-3)11-9-15/h5-12,20,25H,4,13H2,1-3H3. The molecule has 1 heterocycles. The third-order valence-corrected chi connectivity index (χ3v) is 4.80. The molecule has 0 bridgehead atoms. The van der Waals surface area contributed by atoms with E-state index in [2.05, 4.69) is 0 Å². The number of benzene rings is 2. The van der Waals surface area contributed by atoms with E-state index in [1.807, 2.05) is 55.5 Å². The summed E-state index contributed by atoms with van der Waals surface area (Å²) in [6.45, 7) is 3.97. The van der Waals surface area contributed by atoms with E-state index in [4.69, 9.17) is 4.74 Å². The molecule has 0 saturated heterocycles. The Kier molecular flexibility index (Phi) is 5.31. The van der Waals surface area contributed by atoms with Gasteiger partial charge in [0.15, 0.2) is 11.5 Å². The third-order valence-electron chi connectivity index (χ3n) is 4.80. The van der Waals surface area contributed by atoms with Crippen LogP contribution in [0.3, 0.4) is 0 Å². The van der Waals surface area contributed by atoms with Crippen molar-refractivity contribution in [3.05, 3.63) is 76.6 Å². The number of ether oxygens (including phenoxy) is 1. The molecular formula is C22H23NO4. The zero-order chi connectivity index (χ0) is 19.6. The van der Waals surface area contributed by atoms with Crippen LogP contribution >= 0.6 is 0 Å². The van der Waals surface area contributed by atoms with Crippen LogP contribution in [0.4, 0.5) is 0 Å². The van der Waals surface area contributed by atoms with Crippen molar-refractivity contribution in [1.29, 1.82) is 0 Å². The lowest BCUT2D eigenvalue weighted by Gasteiger charge is -2.27. The Hall–Kier alpha value is -3.08. The minimum Gasteiger partial charge on any atom is -0.503 e. The normalized spacial score (nSPS) is 16.8. The van der Waals surface area contributed by atoms with Gasteiger partial charge in [0.1, 0.15) is 5.75 Å². The maximum atomic E-state index is 12.8. The average molecular weight is 365 g/mol. The van der Waals surface area contributed by atoms with E-state index >= 15 is 0 Å². The van der Waals surface area contributed by atoms with Crippen LogP contribution in [0.2, 0.25) is 0 Å². The predicted molar refractivity (Wildman–Crippen MR) is 102 cm³/mol. The van der Waals surface area contributed by atoms with Gasteiger partial charge in [-0.15, -0.1) is 0 Å². The van der Waals surface area contributed by atoms with Crippen molar-refractivity contribution < 1.29 is 19.4 Å². The molecule has 2 aromatic carbocycles. The number of rotatable bonds is 6. The molecule has 0 aliphatic carbocycles. The van der Waals surface area contributed by atoms with Gasteiger partial charge in [-0.1, -0.05) is 48.9 Å². The zero-order valence-corrected chi connectivity index (χ0v) is 15.7. The second-order valence-electron chi connectivity index (χ2n) is 6.64. The van der Waals surface area contributed by atoms with Crippen molar-refractivity contribution in [2.75, 3.05) is 7.11 Å². The third kappa shape index (κ3) is 3.58. The molecule has 5 heteroatoms. The number of aliphatic hydroxyl groups excluding tert-OH is 1. The molecule has 1 N–H and O–H groups in total. The molecule has 1 unspecified atom stereocenters. The number of aliphatic hydroxyl groups is 1. The lowest BCUT2D eigenvalue weighted by molar-refractivity contribution is -0.130. The Morgan fingerprint density at radius 2 is 1.89 bits per heavy atom. The number of carbonyl (C=O) groups is 2. The number of amides is 1. The van der Waals surface area contributed by atoms with Gasteiger partial charge in [0.2, 0.25) is 0 Å². The molecule has 2 aromatic rings. The van der Waals surface area contributed by atoms with Crippen molar-refractivity contribution in [2.45, 2.75) is 32.9 Å². The fraction of sp³-hybridized carbons (Fsp3) is 0.273. The van der Waals surface area contributed by atoms with Gasteiger partial charge < -0.3 is 14.7 Å². The van der Waals surface area contributed by atoms with Gasteiger partial charge in [0.25, 0.3) is 5.91 Å². The summed E-state index contributed by atoms with van der Waals surface area (Å²) in [6, 6.07) is 14.5. The fourth-order valence-corrected chi connectivity index (χ4v) is 3.41. The molecule has 0 saturated carbocycles. The van der Waals surface area contributed by atoms with Crippen LogP contribution in [0.15, 0.2) is 59.9 Å². The van der Waals surface area contributed by atoms with Crippen molar-refractivity contribution in [3.63, 3.8) is 0 Å². The van der Waals surface area contributed by atoms with E-state index in [1.54, 1.807) is 18.9 Å². The fourth-order valence-electron chi connectivity index (χ4n) is 3.41. The number of nitrogens with zero attached hydrogens (tertiary/aromatic N) is 1. The molecule has 27 heavy (non-hydrogen) atoms. The molecule has 0 spiro atoms. The summed E-state index contributed by atoms with van der Waals surface area (Å²) < 4.78 is 5.17. The summed E-state index contributed by atoms with van der Waals surface area (Å²) in [4.78, 5) is 26.8. The molecule has 0 aromatic heterocycles. The maximum Gasteiger partial charge on any atom is 0.290 e. The molecule has 1 atom stereocenters. The van der Waals surface area contributed by atoms with Gasteiger partial charge in [-0.25, -0.2) is 0 Å². The van der Waals surface area contributed by atoms with E-state index in [0.29, 0.717) is 0 Å². The molecule has 1 aliphatic heterocycles. The summed E-state index contributed by atoms with van der Waals surface area (Å²) in [6.07, 6.45) is 0.228. The number of hydrogen-bond acceptors (Lipinski definition) is 4. The SMILES string of the molecule is CCC(=O)C1=C(O)C(=O)N(Cc2ccc(OC)cc2)C1c1cccc(C)c1. The number of ketones is 1. The van der Waals surface area contributed by atoms with Gasteiger partial charge in [-0.05, 0) is 30.2 Å². The van der Waals surface area contributed by atoms with E-state index in [9.17, 15) is 14.7 Å². The highest BCUT2D eigenvalue weighted by molar-refractivity contribution is 6.08. The first kappa shape index (κ1) is 18.7. The molecule has 3 rings (SSSR count). The largest absolute Gasteiger partial charge is 0.503 e. The molecule has 1 amide bonds. The monoisotopic (exact) mass is 365 g/mol. The van der Waals surface area contributed by atoms with Gasteiger partial charge in [-0.2, -0.15) is 0 Å². The molecule has 0 radical (unpaired) electrons. The van der Waals surface area contributed by atoms with E-state index in [1.165, 1.54) is 0 Å². The summed E-state index contributed by atoms with van der Waals surface area (Å²) in [5.74, 6) is -0.454. The predicted octanol–water partition coefficient (Wildman–Crippen LogP) is 3.88. The first-order valence-corrected chi connectivity index (χ1v) is 8.93. The van der Waals surface area contributed by atoms with E-state index < -0.39 is 17.7 Å².